The van der Waals surface area contributed by atoms with Crippen molar-refractivity contribution in [3.05, 3.63) is 115 Å². The summed E-state index contributed by atoms with van der Waals surface area (Å²) in [6.45, 7) is 2.39. The van der Waals surface area contributed by atoms with Crippen molar-refractivity contribution in [2.45, 2.75) is 29.6 Å². The summed E-state index contributed by atoms with van der Waals surface area (Å²) in [7, 11) is 0. The molecule has 200 valence electrons. The van der Waals surface area contributed by atoms with Crippen LogP contribution in [0.3, 0.4) is 0 Å². The summed E-state index contributed by atoms with van der Waals surface area (Å²) in [4.78, 5) is 10.1. The van der Waals surface area contributed by atoms with Crippen LogP contribution in [0.2, 0.25) is 0 Å². The second-order valence-electron chi connectivity index (χ2n) is 10.0. The second-order valence-corrected chi connectivity index (χ2v) is 11.1. The van der Waals surface area contributed by atoms with Crippen LogP contribution in [0, 0.1) is 12.1 Å². The predicted octanol–water partition coefficient (Wildman–Crippen LogP) is 8.60. The molecule has 0 unspecified atom stereocenters. The van der Waals surface area contributed by atoms with Gasteiger partial charge in [0.1, 0.15) is 5.82 Å². The van der Waals surface area contributed by atoms with Gasteiger partial charge in [-0.2, -0.15) is 24.3 Å². The van der Waals surface area contributed by atoms with Crippen molar-refractivity contribution in [1.82, 2.24) is 9.55 Å². The molecule has 0 radical (unpaired) electrons. The zero-order chi connectivity index (χ0) is 29.0. The van der Waals surface area contributed by atoms with Crippen LogP contribution in [-0.2, 0) is 21.1 Å². The number of aromatic nitrogens is 2. The Bertz CT molecular complexity index is 1950. The van der Waals surface area contributed by atoms with Crippen molar-refractivity contribution < 1.29 is 25.2 Å². The number of hydrogen-bond donors (Lipinski definition) is 0. The van der Waals surface area contributed by atoms with Crippen LogP contribution in [0.1, 0.15) is 29.4 Å². The molecule has 1 aliphatic heterocycles. The molecule has 0 spiro atoms. The number of pyridine rings is 1. The molecule has 3 heterocycles. The molecule has 0 saturated carbocycles. The van der Waals surface area contributed by atoms with E-state index in [4.69, 9.17) is 9.10 Å². The Morgan fingerprint density at radius 1 is 0.850 bits per heavy atom. The molecule has 4 aromatic carbocycles. The third-order valence-electron chi connectivity index (χ3n) is 7.23. The number of fused-ring (bicyclic) bond motifs is 4. The fourth-order valence-corrected chi connectivity index (χ4v) is 6.10. The van der Waals surface area contributed by atoms with E-state index >= 15 is 0 Å². The molecule has 0 amide bonds. The van der Waals surface area contributed by atoms with Gasteiger partial charge in [-0.05, 0) is 47.2 Å². The fraction of sp³-hybridized carbons (Fsp3) is 0.147. The van der Waals surface area contributed by atoms with Crippen LogP contribution >= 0.6 is 11.8 Å². The van der Waals surface area contributed by atoms with Gasteiger partial charge in [-0.3, -0.25) is 0 Å². The van der Waals surface area contributed by atoms with Crippen molar-refractivity contribution in [2.24, 2.45) is 0 Å². The topological polar surface area (TPSA) is 24.3 Å². The molecular weight excluding hydrogens is 692 g/mol. The molecule has 0 saturated heterocycles. The molecule has 0 bridgehead atoms. The van der Waals surface area contributed by atoms with E-state index in [-0.39, 0.29) is 27.7 Å². The minimum absolute atomic E-state index is 0. The molecular formula is C34H28N4PtS. The van der Waals surface area contributed by atoms with Crippen LogP contribution in [0.25, 0.3) is 27.6 Å². The van der Waals surface area contributed by atoms with E-state index in [1.54, 1.807) is 11.8 Å². The minimum Gasteiger partial charge on any atom is -0.355 e. The first-order valence-electron chi connectivity index (χ1n) is 14.5. The van der Waals surface area contributed by atoms with Crippen LogP contribution in [0.4, 0.5) is 17.1 Å². The normalized spacial score (nSPS) is 14.2. The van der Waals surface area contributed by atoms with Crippen molar-refractivity contribution in [2.75, 3.05) is 23.4 Å². The fourth-order valence-electron chi connectivity index (χ4n) is 5.28. The van der Waals surface area contributed by atoms with E-state index in [1.165, 1.54) is 10.5 Å². The average molecular weight is 723 g/mol. The van der Waals surface area contributed by atoms with E-state index in [0.717, 1.165) is 48.8 Å². The van der Waals surface area contributed by atoms with Crippen LogP contribution in [0.5, 0.6) is 0 Å². The van der Waals surface area contributed by atoms with Gasteiger partial charge in [-0.1, -0.05) is 55.4 Å². The Labute approximate surface area is 258 Å². The number of rotatable bonds is 5. The maximum Gasteiger partial charge on any atom is 2.00 e. The monoisotopic (exact) mass is 722 g/mol. The van der Waals surface area contributed by atoms with Crippen molar-refractivity contribution in [3.63, 3.8) is 0 Å². The first-order chi connectivity index (χ1) is 20.3. The standard InChI is InChI=1S/C34H28N4S.Pt/c1-23(2)24-17-18-35-34(19-24)38-30-12-5-4-11-28(30)29-16-15-27(21-33(29)38)39-26-10-8-9-25(20-26)37-22-36(3)31-13-6-7-14-32(31)37;/h4-19,23H,22H2,1-3H3;/q-2;+2/i3D3;. The molecule has 0 fully saturated rings. The number of anilines is 3. The Morgan fingerprint density at radius 2 is 1.65 bits per heavy atom. The van der Waals surface area contributed by atoms with E-state index in [2.05, 4.69) is 79.1 Å². The third-order valence-corrected chi connectivity index (χ3v) is 8.15. The van der Waals surface area contributed by atoms with Gasteiger partial charge < -0.3 is 14.4 Å². The summed E-state index contributed by atoms with van der Waals surface area (Å²) in [5.41, 5.74) is 5.70. The SMILES string of the molecule is [2H]C([2H])([2H])N1CN(c2[c-]c(Sc3[c-]c4c(cc3)c3ccccc3n4-c3cc(C(C)C)ccn3)ccc2)c2ccccc21.[Pt+2]. The van der Waals surface area contributed by atoms with Gasteiger partial charge in [0.15, 0.2) is 0 Å². The van der Waals surface area contributed by atoms with E-state index in [1.807, 2.05) is 53.6 Å². The molecule has 4 nitrogen and oxygen atoms in total. The van der Waals surface area contributed by atoms with Crippen LogP contribution in [0.15, 0.2) is 107 Å². The van der Waals surface area contributed by atoms with Crippen LogP contribution in [-0.4, -0.2) is 23.2 Å². The van der Waals surface area contributed by atoms with Crippen LogP contribution < -0.4 is 9.80 Å². The van der Waals surface area contributed by atoms with E-state index in [9.17, 15) is 0 Å². The zero-order valence-electron chi connectivity index (χ0n) is 25.0. The number of hydrogen-bond acceptors (Lipinski definition) is 4. The smallest absolute Gasteiger partial charge is 0.355 e. The molecule has 0 N–H and O–H groups in total. The van der Waals surface area contributed by atoms with E-state index < -0.39 is 6.98 Å². The van der Waals surface area contributed by atoms with Gasteiger partial charge in [0.2, 0.25) is 0 Å². The van der Waals surface area contributed by atoms with Gasteiger partial charge in [-0.25, -0.2) is 4.98 Å². The molecule has 1 aliphatic rings. The molecule has 6 heteroatoms. The molecule has 40 heavy (non-hydrogen) atoms. The maximum absolute atomic E-state index is 8.03. The molecule has 0 atom stereocenters. The predicted molar refractivity (Wildman–Crippen MR) is 163 cm³/mol. The zero-order valence-corrected chi connectivity index (χ0v) is 25.1. The minimum atomic E-state index is -2.23. The summed E-state index contributed by atoms with van der Waals surface area (Å²) < 4.78 is 26.3. The van der Waals surface area contributed by atoms with E-state index in [0.29, 0.717) is 11.6 Å². The third kappa shape index (κ3) is 4.61. The van der Waals surface area contributed by atoms with Crippen molar-refractivity contribution in [1.29, 1.82) is 0 Å². The van der Waals surface area contributed by atoms with Gasteiger partial charge in [0, 0.05) is 22.8 Å². The molecule has 0 aliphatic carbocycles. The van der Waals surface area contributed by atoms with Crippen molar-refractivity contribution in [3.8, 4) is 5.82 Å². The van der Waals surface area contributed by atoms with Gasteiger partial charge in [-0.15, -0.1) is 45.1 Å². The number of benzene rings is 4. The summed E-state index contributed by atoms with van der Waals surface area (Å²) in [5.74, 6) is 1.28. The molecule has 2 aromatic heterocycles. The molecule has 6 aromatic rings. The first kappa shape index (κ1) is 23.2. The van der Waals surface area contributed by atoms with Gasteiger partial charge in [0.25, 0.3) is 0 Å². The Balaban J connectivity index is 0.00000329. The molecule has 7 rings (SSSR count). The Hall–Kier alpha value is -3.53. The second kappa shape index (κ2) is 10.8. The first-order valence-corrected chi connectivity index (χ1v) is 13.9. The maximum atomic E-state index is 8.03. The Kier molecular flexibility index (Phi) is 6.26. The summed E-state index contributed by atoms with van der Waals surface area (Å²) in [6.07, 6.45) is 1.88. The van der Waals surface area contributed by atoms with Gasteiger partial charge in [0.05, 0.1) is 18.0 Å². The summed E-state index contributed by atoms with van der Waals surface area (Å²) in [5, 5.41) is 2.29. The largest absolute Gasteiger partial charge is 2.00 e. The number of nitrogens with zero attached hydrogens (tertiary/aromatic N) is 4. The summed E-state index contributed by atoms with van der Waals surface area (Å²) in [6, 6.07) is 37.7. The quantitative estimate of drug-likeness (QED) is 0.167. The summed E-state index contributed by atoms with van der Waals surface area (Å²) >= 11 is 1.59. The average Bonchev–Trinajstić information content (AvgIpc) is 3.54. The van der Waals surface area contributed by atoms with Gasteiger partial charge >= 0.3 is 21.1 Å². The Morgan fingerprint density at radius 3 is 2.50 bits per heavy atom. The van der Waals surface area contributed by atoms with Crippen molar-refractivity contribution >= 4 is 50.6 Å². The number of para-hydroxylation sites is 3.